The number of rotatable bonds is 4. The average Bonchev–Trinajstić information content (AvgIpc) is 2.52. The average molecular weight is 370 g/mol. The molecule has 0 atom stereocenters. The number of halogens is 1. The first kappa shape index (κ1) is 16.8. The number of amides is 1. The molecule has 0 aliphatic carbocycles. The van der Waals surface area contributed by atoms with E-state index >= 15 is 0 Å². The third-order valence-corrected chi connectivity index (χ3v) is 3.84. The van der Waals surface area contributed by atoms with Crippen LogP contribution in [0.4, 0.5) is 11.4 Å². The Bertz CT molecular complexity index is 769. The van der Waals surface area contributed by atoms with Crippen LogP contribution in [0.5, 0.6) is 0 Å². The molecule has 0 heterocycles. The zero-order chi connectivity index (χ0) is 16.8. The lowest BCUT2D eigenvalue weighted by Gasteiger charge is -2.10. The number of benzene rings is 2. The highest BCUT2D eigenvalue weighted by molar-refractivity contribution is 9.10. The Kier molecular flexibility index (Phi) is 5.56. The van der Waals surface area contributed by atoms with Gasteiger partial charge in [0, 0.05) is 22.0 Å². The van der Waals surface area contributed by atoms with Gasteiger partial charge in [0.1, 0.15) is 11.6 Å². The van der Waals surface area contributed by atoms with E-state index < -0.39 is 5.91 Å². The summed E-state index contributed by atoms with van der Waals surface area (Å²) in [6.45, 7) is 3.94. The van der Waals surface area contributed by atoms with Crippen molar-refractivity contribution in [1.29, 1.82) is 5.26 Å². The van der Waals surface area contributed by atoms with Gasteiger partial charge in [0.2, 0.25) is 0 Å². The normalized spacial score (nSPS) is 10.8. The van der Waals surface area contributed by atoms with Crippen molar-refractivity contribution >= 4 is 33.2 Å². The standard InChI is InChI=1S/C18H16BrN3O/c1-12-4-3-5-13(2)17(12)21-11-14(10-20)18(23)22-16-8-6-15(19)7-9-16/h3-9,11,21H,1-2H3,(H,22,23)/b14-11-. The maximum atomic E-state index is 12.2. The van der Waals surface area contributed by atoms with Gasteiger partial charge in [-0.1, -0.05) is 34.1 Å². The molecule has 2 aromatic rings. The topological polar surface area (TPSA) is 64.9 Å². The molecule has 0 saturated carbocycles. The van der Waals surface area contributed by atoms with Crippen molar-refractivity contribution in [1.82, 2.24) is 0 Å². The van der Waals surface area contributed by atoms with Gasteiger partial charge in [-0.15, -0.1) is 0 Å². The summed E-state index contributed by atoms with van der Waals surface area (Å²) in [4.78, 5) is 12.2. The monoisotopic (exact) mass is 369 g/mol. The van der Waals surface area contributed by atoms with Crippen LogP contribution in [0.15, 0.2) is 58.7 Å². The quantitative estimate of drug-likeness (QED) is 0.614. The molecule has 5 heteroatoms. The van der Waals surface area contributed by atoms with Crippen LogP contribution in [-0.2, 0) is 4.79 Å². The van der Waals surface area contributed by atoms with Crippen LogP contribution in [0, 0.1) is 25.2 Å². The summed E-state index contributed by atoms with van der Waals surface area (Å²) in [7, 11) is 0. The molecular weight excluding hydrogens is 354 g/mol. The van der Waals surface area contributed by atoms with Crippen LogP contribution in [-0.4, -0.2) is 5.91 Å². The van der Waals surface area contributed by atoms with E-state index in [2.05, 4.69) is 26.6 Å². The summed E-state index contributed by atoms with van der Waals surface area (Å²) in [6, 6.07) is 15.0. The molecule has 0 aliphatic heterocycles. The lowest BCUT2D eigenvalue weighted by atomic mass is 10.1. The fourth-order valence-electron chi connectivity index (χ4n) is 2.07. The van der Waals surface area contributed by atoms with Gasteiger partial charge >= 0.3 is 0 Å². The van der Waals surface area contributed by atoms with E-state index in [-0.39, 0.29) is 5.57 Å². The number of nitriles is 1. The number of carbonyl (C=O) groups is 1. The van der Waals surface area contributed by atoms with E-state index in [1.54, 1.807) is 12.1 Å². The fraction of sp³-hybridized carbons (Fsp3) is 0.111. The lowest BCUT2D eigenvalue weighted by molar-refractivity contribution is -0.112. The second kappa shape index (κ2) is 7.61. The third kappa shape index (κ3) is 4.44. The van der Waals surface area contributed by atoms with Gasteiger partial charge in [-0.25, -0.2) is 0 Å². The molecule has 0 bridgehead atoms. The number of hydrogen-bond donors (Lipinski definition) is 2. The lowest BCUT2D eigenvalue weighted by Crippen LogP contribution is -2.14. The molecule has 2 rings (SSSR count). The number of nitrogens with zero attached hydrogens (tertiary/aromatic N) is 1. The van der Waals surface area contributed by atoms with E-state index in [0.717, 1.165) is 21.3 Å². The van der Waals surface area contributed by atoms with Crippen LogP contribution in [0.2, 0.25) is 0 Å². The van der Waals surface area contributed by atoms with Crippen LogP contribution < -0.4 is 10.6 Å². The molecule has 0 radical (unpaired) electrons. The molecular formula is C18H16BrN3O. The zero-order valence-electron chi connectivity index (χ0n) is 12.9. The van der Waals surface area contributed by atoms with E-state index in [0.29, 0.717) is 5.69 Å². The van der Waals surface area contributed by atoms with Crippen molar-refractivity contribution in [3.63, 3.8) is 0 Å². The van der Waals surface area contributed by atoms with Gasteiger partial charge in [0.25, 0.3) is 5.91 Å². The molecule has 4 nitrogen and oxygen atoms in total. The molecule has 116 valence electrons. The Morgan fingerprint density at radius 3 is 2.30 bits per heavy atom. The van der Waals surface area contributed by atoms with Crippen LogP contribution in [0.1, 0.15) is 11.1 Å². The zero-order valence-corrected chi connectivity index (χ0v) is 14.4. The molecule has 0 unspecified atom stereocenters. The number of hydrogen-bond acceptors (Lipinski definition) is 3. The van der Waals surface area contributed by atoms with Crippen molar-refractivity contribution < 1.29 is 4.79 Å². The Balaban J connectivity index is 2.14. The smallest absolute Gasteiger partial charge is 0.267 e. The van der Waals surface area contributed by atoms with Crippen molar-refractivity contribution in [3.8, 4) is 6.07 Å². The molecule has 0 aliphatic rings. The van der Waals surface area contributed by atoms with Gasteiger partial charge < -0.3 is 10.6 Å². The van der Waals surface area contributed by atoms with E-state index in [9.17, 15) is 10.1 Å². The summed E-state index contributed by atoms with van der Waals surface area (Å²) in [5, 5.41) is 15.0. The van der Waals surface area contributed by atoms with Crippen LogP contribution in [0.25, 0.3) is 0 Å². The second-order valence-corrected chi connectivity index (χ2v) is 5.96. The Labute approximate surface area is 144 Å². The van der Waals surface area contributed by atoms with Crippen molar-refractivity contribution in [2.75, 3.05) is 10.6 Å². The highest BCUT2D eigenvalue weighted by Crippen LogP contribution is 2.20. The largest absolute Gasteiger partial charge is 0.360 e. The number of aryl methyl sites for hydroxylation is 2. The number of anilines is 2. The second-order valence-electron chi connectivity index (χ2n) is 5.04. The van der Waals surface area contributed by atoms with Crippen molar-refractivity contribution in [3.05, 3.63) is 69.8 Å². The summed E-state index contributed by atoms with van der Waals surface area (Å²) in [5.41, 5.74) is 3.64. The minimum absolute atomic E-state index is 0.00979. The number of carbonyl (C=O) groups excluding carboxylic acids is 1. The SMILES string of the molecule is Cc1cccc(C)c1N/C=C(/C#N)C(=O)Nc1ccc(Br)cc1. The summed E-state index contributed by atoms with van der Waals surface area (Å²) < 4.78 is 0.920. The van der Waals surface area contributed by atoms with Gasteiger partial charge in [-0.2, -0.15) is 5.26 Å². The summed E-state index contributed by atoms with van der Waals surface area (Å²) >= 11 is 3.33. The molecule has 1 amide bonds. The molecule has 0 aromatic heterocycles. The highest BCUT2D eigenvalue weighted by atomic mass is 79.9. The van der Waals surface area contributed by atoms with Crippen molar-refractivity contribution in [2.45, 2.75) is 13.8 Å². The predicted octanol–water partition coefficient (Wildman–Crippen LogP) is 4.52. The van der Waals surface area contributed by atoms with E-state index in [4.69, 9.17) is 0 Å². The molecule has 0 spiro atoms. The van der Waals surface area contributed by atoms with Crippen molar-refractivity contribution in [2.24, 2.45) is 0 Å². The predicted molar refractivity (Wildman–Crippen MR) is 96.0 cm³/mol. The number of nitrogens with one attached hydrogen (secondary N) is 2. The highest BCUT2D eigenvalue weighted by Gasteiger charge is 2.10. The third-order valence-electron chi connectivity index (χ3n) is 3.31. The van der Waals surface area contributed by atoms with Crippen LogP contribution in [0.3, 0.4) is 0 Å². The minimum Gasteiger partial charge on any atom is -0.360 e. The Morgan fingerprint density at radius 1 is 1.13 bits per heavy atom. The molecule has 0 saturated heterocycles. The maximum absolute atomic E-state index is 12.2. The first-order valence-electron chi connectivity index (χ1n) is 7.01. The Morgan fingerprint density at radius 2 is 1.74 bits per heavy atom. The maximum Gasteiger partial charge on any atom is 0.267 e. The first-order valence-corrected chi connectivity index (χ1v) is 7.80. The molecule has 2 aromatic carbocycles. The first-order chi connectivity index (χ1) is 11.0. The summed E-state index contributed by atoms with van der Waals surface area (Å²) in [5.74, 6) is -0.450. The van der Waals surface area contributed by atoms with Gasteiger partial charge in [0.15, 0.2) is 0 Å². The fourth-order valence-corrected chi connectivity index (χ4v) is 2.33. The van der Waals surface area contributed by atoms with Gasteiger partial charge in [-0.05, 0) is 49.2 Å². The number of para-hydroxylation sites is 1. The van der Waals surface area contributed by atoms with Gasteiger partial charge in [-0.3, -0.25) is 4.79 Å². The molecule has 2 N–H and O–H groups in total. The summed E-state index contributed by atoms with van der Waals surface area (Å²) in [6.07, 6.45) is 1.43. The Hall–Kier alpha value is -2.58. The van der Waals surface area contributed by atoms with Gasteiger partial charge in [0.05, 0.1) is 0 Å². The molecule has 23 heavy (non-hydrogen) atoms. The van der Waals surface area contributed by atoms with E-state index in [1.807, 2.05) is 50.2 Å². The minimum atomic E-state index is -0.450. The molecule has 0 fully saturated rings. The van der Waals surface area contributed by atoms with Crippen LogP contribution >= 0.6 is 15.9 Å². The van der Waals surface area contributed by atoms with E-state index in [1.165, 1.54) is 6.20 Å².